The van der Waals surface area contributed by atoms with E-state index in [-0.39, 0.29) is 18.2 Å². The summed E-state index contributed by atoms with van der Waals surface area (Å²) in [5.41, 5.74) is 0.126. The Morgan fingerprint density at radius 2 is 2.14 bits per heavy atom. The Balaban J connectivity index is 2.10. The highest BCUT2D eigenvalue weighted by Gasteiger charge is 2.42. The Kier molecular flexibility index (Phi) is 4.71. The van der Waals surface area contributed by atoms with Gasteiger partial charge in [-0.15, -0.1) is 0 Å². The number of nitrogens with zero attached hydrogens (tertiary/aromatic N) is 1. The summed E-state index contributed by atoms with van der Waals surface area (Å²) in [7, 11) is 0. The van der Waals surface area contributed by atoms with E-state index >= 15 is 0 Å². The van der Waals surface area contributed by atoms with E-state index in [2.05, 4.69) is 0 Å². The molecular weight excluding hydrogens is 286 g/mol. The highest BCUT2D eigenvalue weighted by molar-refractivity contribution is 7.07. The predicted octanol–water partition coefficient (Wildman–Crippen LogP) is 3.38. The van der Waals surface area contributed by atoms with Crippen LogP contribution in [0, 0.1) is 11.3 Å². The summed E-state index contributed by atoms with van der Waals surface area (Å²) in [6.07, 6.45) is 2.13. The Bertz CT molecular complexity index is 508. The van der Waals surface area contributed by atoms with Crippen molar-refractivity contribution in [2.24, 2.45) is 11.3 Å². The minimum Gasteiger partial charge on any atom is -0.481 e. The van der Waals surface area contributed by atoms with Gasteiger partial charge in [-0.1, -0.05) is 13.8 Å². The van der Waals surface area contributed by atoms with E-state index in [9.17, 15) is 14.7 Å². The number of carbonyl (C=O) groups is 2. The van der Waals surface area contributed by atoms with E-state index < -0.39 is 11.4 Å². The van der Waals surface area contributed by atoms with Crippen LogP contribution in [0.2, 0.25) is 0 Å². The molecule has 0 aliphatic heterocycles. The standard InChI is InChI=1S/C16H23NO3S/c1-11(2)16(3,15(19)20)8-14(18)17(13-4-5-13)9-12-6-7-21-10-12/h6-7,10-11,13H,4-5,8-9H2,1-3H3,(H,19,20). The summed E-state index contributed by atoms with van der Waals surface area (Å²) in [5.74, 6) is -1.01. The lowest BCUT2D eigenvalue weighted by molar-refractivity contribution is -0.155. The van der Waals surface area contributed by atoms with Crippen molar-refractivity contribution in [3.8, 4) is 0 Å². The lowest BCUT2D eigenvalue weighted by Gasteiger charge is -2.31. The molecule has 0 bridgehead atoms. The number of aliphatic carboxylic acids is 1. The van der Waals surface area contributed by atoms with Crippen LogP contribution in [0.5, 0.6) is 0 Å². The van der Waals surface area contributed by atoms with Gasteiger partial charge < -0.3 is 10.0 Å². The number of thiophene rings is 1. The molecule has 1 fully saturated rings. The van der Waals surface area contributed by atoms with Gasteiger partial charge in [0, 0.05) is 19.0 Å². The molecule has 1 saturated carbocycles. The minimum absolute atomic E-state index is 0.0395. The van der Waals surface area contributed by atoms with Gasteiger partial charge in [0.1, 0.15) is 0 Å². The molecule has 4 nitrogen and oxygen atoms in total. The van der Waals surface area contributed by atoms with Gasteiger partial charge in [0.25, 0.3) is 0 Å². The number of carboxylic acids is 1. The second-order valence-corrected chi connectivity index (χ2v) is 7.22. The molecule has 1 N–H and O–H groups in total. The van der Waals surface area contributed by atoms with E-state index in [1.165, 1.54) is 0 Å². The number of hydrogen-bond donors (Lipinski definition) is 1. The summed E-state index contributed by atoms with van der Waals surface area (Å²) in [6.45, 7) is 6.00. The maximum absolute atomic E-state index is 12.6. The normalized spacial score (nSPS) is 17.5. The summed E-state index contributed by atoms with van der Waals surface area (Å²) in [4.78, 5) is 26.1. The largest absolute Gasteiger partial charge is 0.481 e. The van der Waals surface area contributed by atoms with Crippen LogP contribution < -0.4 is 0 Å². The third-order valence-electron chi connectivity index (χ3n) is 4.52. The van der Waals surface area contributed by atoms with Gasteiger partial charge in [-0.05, 0) is 48.1 Å². The molecule has 1 atom stereocenters. The molecule has 2 rings (SSSR count). The van der Waals surface area contributed by atoms with Crippen LogP contribution in [0.4, 0.5) is 0 Å². The van der Waals surface area contributed by atoms with Gasteiger partial charge >= 0.3 is 5.97 Å². The molecule has 1 unspecified atom stereocenters. The molecule has 0 aromatic carbocycles. The van der Waals surface area contributed by atoms with Crippen LogP contribution in [-0.2, 0) is 16.1 Å². The third-order valence-corrected chi connectivity index (χ3v) is 5.25. The molecule has 0 spiro atoms. The summed E-state index contributed by atoms with van der Waals surface area (Å²) >= 11 is 1.62. The van der Waals surface area contributed by atoms with Crippen LogP contribution in [0.15, 0.2) is 16.8 Å². The first-order chi connectivity index (χ1) is 9.84. The fourth-order valence-electron chi connectivity index (χ4n) is 2.33. The first-order valence-corrected chi connectivity index (χ1v) is 8.33. The van der Waals surface area contributed by atoms with Gasteiger partial charge in [-0.25, -0.2) is 0 Å². The zero-order chi connectivity index (χ0) is 15.6. The third kappa shape index (κ3) is 3.64. The van der Waals surface area contributed by atoms with Crippen molar-refractivity contribution in [1.29, 1.82) is 0 Å². The monoisotopic (exact) mass is 309 g/mol. The molecule has 1 amide bonds. The van der Waals surface area contributed by atoms with Crippen molar-refractivity contribution < 1.29 is 14.7 Å². The van der Waals surface area contributed by atoms with Crippen molar-refractivity contribution in [2.45, 2.75) is 52.6 Å². The van der Waals surface area contributed by atoms with E-state index in [0.29, 0.717) is 12.6 Å². The van der Waals surface area contributed by atoms with E-state index in [0.717, 1.165) is 18.4 Å². The van der Waals surface area contributed by atoms with Crippen molar-refractivity contribution in [3.05, 3.63) is 22.4 Å². The van der Waals surface area contributed by atoms with Crippen molar-refractivity contribution in [3.63, 3.8) is 0 Å². The number of amides is 1. The van der Waals surface area contributed by atoms with E-state index in [4.69, 9.17) is 0 Å². The summed E-state index contributed by atoms with van der Waals surface area (Å²) < 4.78 is 0. The fraction of sp³-hybridized carbons (Fsp3) is 0.625. The number of rotatable bonds is 7. The lowest BCUT2D eigenvalue weighted by atomic mass is 9.76. The number of hydrogen-bond acceptors (Lipinski definition) is 3. The average Bonchev–Trinajstić information content (AvgIpc) is 3.11. The number of carbonyl (C=O) groups excluding carboxylic acids is 1. The highest BCUT2D eigenvalue weighted by Crippen LogP contribution is 2.35. The van der Waals surface area contributed by atoms with E-state index in [1.807, 2.05) is 35.6 Å². The van der Waals surface area contributed by atoms with Gasteiger partial charge in [0.05, 0.1) is 5.41 Å². The molecule has 1 aromatic heterocycles. The smallest absolute Gasteiger partial charge is 0.310 e. The molecule has 5 heteroatoms. The van der Waals surface area contributed by atoms with Gasteiger partial charge in [0.2, 0.25) is 5.91 Å². The number of carboxylic acid groups (broad SMARTS) is 1. The van der Waals surface area contributed by atoms with Gasteiger partial charge in [0.15, 0.2) is 0 Å². The van der Waals surface area contributed by atoms with Crippen LogP contribution in [0.3, 0.4) is 0 Å². The van der Waals surface area contributed by atoms with Crippen LogP contribution in [0.1, 0.15) is 45.6 Å². The molecule has 1 aliphatic rings. The Labute approximate surface area is 129 Å². The first kappa shape index (κ1) is 16.0. The SMILES string of the molecule is CC(C)C(C)(CC(=O)N(Cc1ccsc1)C1CC1)C(=O)O. The van der Waals surface area contributed by atoms with Crippen molar-refractivity contribution >= 4 is 23.2 Å². The molecule has 1 heterocycles. The van der Waals surface area contributed by atoms with Gasteiger partial charge in [-0.2, -0.15) is 11.3 Å². The quantitative estimate of drug-likeness (QED) is 0.840. The maximum atomic E-state index is 12.6. The topological polar surface area (TPSA) is 57.6 Å². The van der Waals surface area contributed by atoms with Crippen LogP contribution in [-0.4, -0.2) is 27.9 Å². The second kappa shape index (κ2) is 6.18. The molecule has 1 aliphatic carbocycles. The summed E-state index contributed by atoms with van der Waals surface area (Å²) in [5, 5.41) is 13.5. The second-order valence-electron chi connectivity index (χ2n) is 6.44. The molecule has 116 valence electrons. The zero-order valence-corrected chi connectivity index (χ0v) is 13.7. The van der Waals surface area contributed by atoms with Crippen LogP contribution >= 0.6 is 11.3 Å². The molecule has 21 heavy (non-hydrogen) atoms. The average molecular weight is 309 g/mol. The molecule has 0 saturated heterocycles. The van der Waals surface area contributed by atoms with Crippen molar-refractivity contribution in [2.75, 3.05) is 0 Å². The first-order valence-electron chi connectivity index (χ1n) is 7.38. The Morgan fingerprint density at radius 3 is 2.57 bits per heavy atom. The van der Waals surface area contributed by atoms with Crippen molar-refractivity contribution in [1.82, 2.24) is 4.90 Å². The Hall–Kier alpha value is -1.36. The minimum atomic E-state index is -1.00. The lowest BCUT2D eigenvalue weighted by Crippen LogP contribution is -2.41. The molecule has 0 radical (unpaired) electrons. The van der Waals surface area contributed by atoms with E-state index in [1.54, 1.807) is 18.3 Å². The van der Waals surface area contributed by atoms with Gasteiger partial charge in [-0.3, -0.25) is 9.59 Å². The fourth-order valence-corrected chi connectivity index (χ4v) is 2.99. The summed E-state index contributed by atoms with van der Waals surface area (Å²) in [6, 6.07) is 2.31. The maximum Gasteiger partial charge on any atom is 0.310 e. The molecular formula is C16H23NO3S. The predicted molar refractivity (Wildman–Crippen MR) is 83.1 cm³/mol. The highest BCUT2D eigenvalue weighted by atomic mass is 32.1. The Morgan fingerprint density at radius 1 is 1.48 bits per heavy atom. The van der Waals surface area contributed by atoms with Crippen LogP contribution in [0.25, 0.3) is 0 Å². The molecule has 1 aromatic rings. The zero-order valence-electron chi connectivity index (χ0n) is 12.8.